The summed E-state index contributed by atoms with van der Waals surface area (Å²) in [7, 11) is 0. The van der Waals surface area contributed by atoms with Crippen molar-refractivity contribution in [2.24, 2.45) is 11.7 Å². The molecular weight excluding hydrogens is 300 g/mol. The number of hydrogen-bond donors (Lipinski definition) is 2. The maximum Gasteiger partial charge on any atom is 0.248 e. The maximum atomic E-state index is 11.3. The Balaban J connectivity index is 1.92. The summed E-state index contributed by atoms with van der Waals surface area (Å²) in [6.07, 6.45) is 1.17. The van der Waals surface area contributed by atoms with Crippen LogP contribution in [0.1, 0.15) is 30.6 Å². The molecule has 0 unspecified atom stereocenters. The first-order chi connectivity index (χ1) is 11.6. The fourth-order valence-corrected chi connectivity index (χ4v) is 2.37. The smallest absolute Gasteiger partial charge is 0.248 e. The van der Waals surface area contributed by atoms with Crippen molar-refractivity contribution in [1.82, 2.24) is 5.32 Å². The number of carbonyl (C=O) groups is 1. The van der Waals surface area contributed by atoms with Gasteiger partial charge >= 0.3 is 0 Å². The van der Waals surface area contributed by atoms with Crippen molar-refractivity contribution in [2.75, 3.05) is 19.7 Å². The van der Waals surface area contributed by atoms with Crippen molar-refractivity contribution < 1.29 is 9.53 Å². The normalized spacial score (nSPS) is 10.8. The fraction of sp³-hybridized carbons (Fsp3) is 0.350. The lowest BCUT2D eigenvalue weighted by Gasteiger charge is -2.10. The summed E-state index contributed by atoms with van der Waals surface area (Å²) in [5.41, 5.74) is 7.81. The van der Waals surface area contributed by atoms with Crippen LogP contribution >= 0.6 is 0 Å². The van der Waals surface area contributed by atoms with E-state index in [1.54, 1.807) is 12.1 Å². The highest BCUT2D eigenvalue weighted by Gasteiger charge is 2.04. The molecule has 0 aliphatic rings. The Hall–Kier alpha value is -2.33. The van der Waals surface area contributed by atoms with Gasteiger partial charge in [-0.1, -0.05) is 38.1 Å². The summed E-state index contributed by atoms with van der Waals surface area (Å²) >= 11 is 0. The third-order valence-corrected chi connectivity index (χ3v) is 3.76. The SMILES string of the molecule is CC(C)CCNCCOc1cccc(-c2cccc(C(N)=O)c2)c1. The largest absolute Gasteiger partial charge is 0.492 e. The summed E-state index contributed by atoms with van der Waals surface area (Å²) in [6, 6.07) is 15.2. The second-order valence-electron chi connectivity index (χ2n) is 6.25. The Morgan fingerprint density at radius 1 is 1.08 bits per heavy atom. The fourth-order valence-electron chi connectivity index (χ4n) is 2.37. The van der Waals surface area contributed by atoms with Gasteiger partial charge in [0.25, 0.3) is 0 Å². The topological polar surface area (TPSA) is 64.3 Å². The monoisotopic (exact) mass is 326 g/mol. The zero-order chi connectivity index (χ0) is 17.4. The molecule has 0 fully saturated rings. The van der Waals surface area contributed by atoms with Gasteiger partial charge in [-0.05, 0) is 54.3 Å². The number of primary amides is 1. The van der Waals surface area contributed by atoms with Crippen molar-refractivity contribution >= 4 is 5.91 Å². The third-order valence-electron chi connectivity index (χ3n) is 3.76. The van der Waals surface area contributed by atoms with E-state index < -0.39 is 5.91 Å². The van der Waals surface area contributed by atoms with Gasteiger partial charge in [-0.15, -0.1) is 0 Å². The summed E-state index contributed by atoms with van der Waals surface area (Å²) in [5.74, 6) is 1.12. The first-order valence-corrected chi connectivity index (χ1v) is 8.40. The molecular formula is C20H26N2O2. The number of ether oxygens (including phenoxy) is 1. The van der Waals surface area contributed by atoms with E-state index in [2.05, 4.69) is 19.2 Å². The third kappa shape index (κ3) is 5.70. The first-order valence-electron chi connectivity index (χ1n) is 8.40. The molecule has 2 aromatic carbocycles. The average molecular weight is 326 g/mol. The number of rotatable bonds is 9. The highest BCUT2D eigenvalue weighted by atomic mass is 16.5. The van der Waals surface area contributed by atoms with E-state index in [4.69, 9.17) is 10.5 Å². The van der Waals surface area contributed by atoms with Gasteiger partial charge in [0.15, 0.2) is 0 Å². The molecule has 0 saturated heterocycles. The van der Waals surface area contributed by atoms with E-state index in [0.29, 0.717) is 18.1 Å². The highest BCUT2D eigenvalue weighted by Crippen LogP contribution is 2.24. The maximum absolute atomic E-state index is 11.3. The van der Waals surface area contributed by atoms with E-state index in [1.165, 1.54) is 6.42 Å². The van der Waals surface area contributed by atoms with Gasteiger partial charge in [0.05, 0.1) is 0 Å². The van der Waals surface area contributed by atoms with Gasteiger partial charge in [0.1, 0.15) is 12.4 Å². The number of hydrogen-bond acceptors (Lipinski definition) is 3. The summed E-state index contributed by atoms with van der Waals surface area (Å²) in [4.78, 5) is 11.3. The standard InChI is InChI=1S/C20H26N2O2/c1-15(2)9-10-22-11-12-24-19-8-4-6-17(14-19)16-5-3-7-18(13-16)20(21)23/h3-8,13-15,22H,9-12H2,1-2H3,(H2,21,23). The molecule has 0 aliphatic carbocycles. The molecule has 2 rings (SSSR count). The van der Waals surface area contributed by atoms with Crippen LogP contribution in [0.25, 0.3) is 11.1 Å². The lowest BCUT2D eigenvalue weighted by Crippen LogP contribution is -2.23. The molecule has 2 aromatic rings. The summed E-state index contributed by atoms with van der Waals surface area (Å²) in [6.45, 7) is 6.91. The van der Waals surface area contributed by atoms with Crippen LogP contribution in [0.15, 0.2) is 48.5 Å². The molecule has 4 nitrogen and oxygen atoms in total. The molecule has 0 saturated carbocycles. The minimum atomic E-state index is -0.420. The number of nitrogens with two attached hydrogens (primary N) is 1. The van der Waals surface area contributed by atoms with Crippen LogP contribution in [0.5, 0.6) is 5.75 Å². The summed E-state index contributed by atoms with van der Waals surface area (Å²) in [5, 5.41) is 3.38. The van der Waals surface area contributed by atoms with Gasteiger partial charge in [0, 0.05) is 12.1 Å². The lowest BCUT2D eigenvalue weighted by molar-refractivity contribution is 0.100. The molecule has 128 valence electrons. The number of amides is 1. The molecule has 0 aliphatic heterocycles. The molecule has 0 heterocycles. The van der Waals surface area contributed by atoms with Crippen molar-refractivity contribution in [1.29, 1.82) is 0 Å². The van der Waals surface area contributed by atoms with Gasteiger partial charge in [-0.25, -0.2) is 0 Å². The van der Waals surface area contributed by atoms with Crippen LogP contribution < -0.4 is 15.8 Å². The summed E-state index contributed by atoms with van der Waals surface area (Å²) < 4.78 is 5.80. The molecule has 1 amide bonds. The second-order valence-corrected chi connectivity index (χ2v) is 6.25. The zero-order valence-electron chi connectivity index (χ0n) is 14.4. The molecule has 0 radical (unpaired) electrons. The van der Waals surface area contributed by atoms with Crippen LogP contribution in [0.3, 0.4) is 0 Å². The average Bonchev–Trinajstić information content (AvgIpc) is 2.58. The van der Waals surface area contributed by atoms with Crippen molar-refractivity contribution in [3.8, 4) is 16.9 Å². The van der Waals surface area contributed by atoms with Crippen molar-refractivity contribution in [3.63, 3.8) is 0 Å². The Morgan fingerprint density at radius 3 is 2.50 bits per heavy atom. The number of carbonyl (C=O) groups excluding carboxylic acids is 1. The Morgan fingerprint density at radius 2 is 1.79 bits per heavy atom. The molecule has 4 heteroatoms. The van der Waals surface area contributed by atoms with E-state index in [0.717, 1.165) is 30.0 Å². The molecule has 0 atom stereocenters. The van der Waals surface area contributed by atoms with Gasteiger partial charge in [0.2, 0.25) is 5.91 Å². The molecule has 3 N–H and O–H groups in total. The quantitative estimate of drug-likeness (QED) is 0.694. The van der Waals surface area contributed by atoms with Crippen LogP contribution in [-0.2, 0) is 0 Å². The molecule has 0 spiro atoms. The number of benzene rings is 2. The van der Waals surface area contributed by atoms with E-state index >= 15 is 0 Å². The van der Waals surface area contributed by atoms with Crippen molar-refractivity contribution in [3.05, 3.63) is 54.1 Å². The molecule has 0 bridgehead atoms. The zero-order valence-corrected chi connectivity index (χ0v) is 14.4. The predicted molar refractivity (Wildman–Crippen MR) is 98.2 cm³/mol. The van der Waals surface area contributed by atoms with Gasteiger partial charge < -0.3 is 15.8 Å². The van der Waals surface area contributed by atoms with Gasteiger partial charge in [-0.3, -0.25) is 4.79 Å². The number of nitrogens with one attached hydrogen (secondary N) is 1. The minimum absolute atomic E-state index is 0.420. The van der Waals surface area contributed by atoms with Crippen LogP contribution in [-0.4, -0.2) is 25.6 Å². The van der Waals surface area contributed by atoms with Crippen LogP contribution in [0.4, 0.5) is 0 Å². The Bertz CT molecular complexity index is 668. The van der Waals surface area contributed by atoms with E-state index in [1.807, 2.05) is 36.4 Å². The first kappa shape index (κ1) is 18.0. The van der Waals surface area contributed by atoms with Crippen molar-refractivity contribution in [2.45, 2.75) is 20.3 Å². The van der Waals surface area contributed by atoms with Gasteiger partial charge in [-0.2, -0.15) is 0 Å². The minimum Gasteiger partial charge on any atom is -0.492 e. The lowest BCUT2D eigenvalue weighted by atomic mass is 10.0. The Labute approximate surface area is 144 Å². The second kappa shape index (κ2) is 9.08. The highest BCUT2D eigenvalue weighted by molar-refractivity contribution is 5.94. The molecule has 0 aromatic heterocycles. The van der Waals surface area contributed by atoms with Crippen LogP contribution in [0.2, 0.25) is 0 Å². The predicted octanol–water partition coefficient (Wildman–Crippen LogP) is 3.47. The van der Waals surface area contributed by atoms with Crippen LogP contribution in [0, 0.1) is 5.92 Å². The van der Waals surface area contributed by atoms with E-state index in [-0.39, 0.29) is 0 Å². The Kier molecular flexibility index (Phi) is 6.82. The van der Waals surface area contributed by atoms with E-state index in [9.17, 15) is 4.79 Å². The molecule has 24 heavy (non-hydrogen) atoms.